The Morgan fingerprint density at radius 2 is 1.74 bits per heavy atom. The number of nitrogens with one attached hydrogen (secondary N) is 2. The number of carbonyl (C=O) groups excluding carboxylic acids is 2. The average Bonchev–Trinajstić information content (AvgIpc) is 2.79. The standard InChI is InChI=1S/C23H21N3O5/c1-15-8-9-17(23(28)31-2)12-21(15)25-22(27)19-13-18(26(29)30)10-11-20(19)24-14-16-6-4-3-5-7-16/h3-13,24H,14H2,1-2H3,(H,25,27). The fraction of sp³-hybridized carbons (Fsp3) is 0.130. The molecule has 2 N–H and O–H groups in total. The summed E-state index contributed by atoms with van der Waals surface area (Å²) in [6.45, 7) is 2.22. The van der Waals surface area contributed by atoms with Gasteiger partial charge in [0.2, 0.25) is 0 Å². The number of benzene rings is 3. The SMILES string of the molecule is COC(=O)c1ccc(C)c(NC(=O)c2cc([N+](=O)[O-])ccc2NCc2ccccc2)c1. The maximum Gasteiger partial charge on any atom is 0.337 e. The van der Waals surface area contributed by atoms with Crippen molar-refractivity contribution >= 4 is 28.9 Å². The van der Waals surface area contributed by atoms with Crippen molar-refractivity contribution < 1.29 is 19.2 Å². The van der Waals surface area contributed by atoms with Crippen LogP contribution in [0, 0.1) is 17.0 Å². The van der Waals surface area contributed by atoms with Gasteiger partial charge in [0.15, 0.2) is 0 Å². The van der Waals surface area contributed by atoms with E-state index in [4.69, 9.17) is 4.74 Å². The zero-order valence-electron chi connectivity index (χ0n) is 17.0. The molecule has 0 atom stereocenters. The van der Waals surface area contributed by atoms with E-state index in [1.165, 1.54) is 31.4 Å². The highest BCUT2D eigenvalue weighted by molar-refractivity contribution is 6.09. The van der Waals surface area contributed by atoms with E-state index >= 15 is 0 Å². The van der Waals surface area contributed by atoms with E-state index in [9.17, 15) is 19.7 Å². The molecule has 0 bridgehead atoms. The molecule has 0 heterocycles. The minimum atomic E-state index is -0.555. The van der Waals surface area contributed by atoms with Crippen molar-refractivity contribution in [3.8, 4) is 0 Å². The van der Waals surface area contributed by atoms with Gasteiger partial charge in [0.05, 0.1) is 23.2 Å². The summed E-state index contributed by atoms with van der Waals surface area (Å²) in [4.78, 5) is 35.5. The van der Waals surface area contributed by atoms with Gasteiger partial charge in [-0.1, -0.05) is 36.4 Å². The lowest BCUT2D eigenvalue weighted by atomic mass is 10.1. The monoisotopic (exact) mass is 419 g/mol. The van der Waals surface area contributed by atoms with Gasteiger partial charge in [-0.15, -0.1) is 0 Å². The minimum absolute atomic E-state index is 0.119. The number of esters is 1. The third-order valence-corrected chi connectivity index (χ3v) is 4.69. The van der Waals surface area contributed by atoms with Gasteiger partial charge in [0.1, 0.15) is 0 Å². The average molecular weight is 419 g/mol. The molecule has 0 fully saturated rings. The lowest BCUT2D eigenvalue weighted by Crippen LogP contribution is -2.16. The van der Waals surface area contributed by atoms with E-state index in [1.54, 1.807) is 19.1 Å². The molecule has 0 saturated heterocycles. The molecule has 3 aromatic carbocycles. The molecule has 158 valence electrons. The van der Waals surface area contributed by atoms with Crippen molar-refractivity contribution in [2.45, 2.75) is 13.5 Å². The van der Waals surface area contributed by atoms with Gasteiger partial charge < -0.3 is 15.4 Å². The van der Waals surface area contributed by atoms with Crippen LogP contribution in [-0.2, 0) is 11.3 Å². The minimum Gasteiger partial charge on any atom is -0.465 e. The zero-order valence-corrected chi connectivity index (χ0v) is 17.0. The van der Waals surface area contributed by atoms with E-state index in [0.717, 1.165) is 11.1 Å². The van der Waals surface area contributed by atoms with E-state index in [1.807, 2.05) is 30.3 Å². The Morgan fingerprint density at radius 3 is 2.42 bits per heavy atom. The lowest BCUT2D eigenvalue weighted by Gasteiger charge is -2.14. The number of nitro groups is 1. The van der Waals surface area contributed by atoms with Crippen LogP contribution in [0.15, 0.2) is 66.7 Å². The number of amides is 1. The molecule has 0 aliphatic heterocycles. The lowest BCUT2D eigenvalue weighted by molar-refractivity contribution is -0.384. The number of anilines is 2. The summed E-state index contributed by atoms with van der Waals surface area (Å²) in [5.41, 5.74) is 2.79. The number of ether oxygens (including phenoxy) is 1. The van der Waals surface area contributed by atoms with Crippen LogP contribution in [0.4, 0.5) is 17.1 Å². The quantitative estimate of drug-likeness (QED) is 0.330. The second-order valence-corrected chi connectivity index (χ2v) is 6.80. The van der Waals surface area contributed by atoms with Gasteiger partial charge >= 0.3 is 5.97 Å². The molecule has 0 aliphatic carbocycles. The summed E-state index contributed by atoms with van der Waals surface area (Å²) in [6, 6.07) is 18.4. The fourth-order valence-electron chi connectivity index (χ4n) is 2.97. The van der Waals surface area contributed by atoms with Crippen LogP contribution in [0.2, 0.25) is 0 Å². The third-order valence-electron chi connectivity index (χ3n) is 4.69. The zero-order chi connectivity index (χ0) is 22.4. The molecule has 0 saturated carbocycles. The van der Waals surface area contributed by atoms with Gasteiger partial charge in [0.25, 0.3) is 11.6 Å². The molecule has 0 aromatic heterocycles. The number of hydrogen-bond donors (Lipinski definition) is 2. The van der Waals surface area contributed by atoms with Crippen molar-refractivity contribution in [3.05, 3.63) is 99.1 Å². The maximum absolute atomic E-state index is 13.0. The molecular weight excluding hydrogens is 398 g/mol. The number of hydrogen-bond acceptors (Lipinski definition) is 6. The number of nitro benzene ring substituents is 1. The summed E-state index contributed by atoms with van der Waals surface area (Å²) >= 11 is 0. The van der Waals surface area contributed by atoms with Gasteiger partial charge in [-0.25, -0.2) is 4.79 Å². The first-order valence-electron chi connectivity index (χ1n) is 9.45. The molecule has 1 amide bonds. The summed E-state index contributed by atoms with van der Waals surface area (Å²) in [5, 5.41) is 17.1. The highest BCUT2D eigenvalue weighted by Gasteiger charge is 2.18. The van der Waals surface area contributed by atoms with Crippen LogP contribution in [-0.4, -0.2) is 23.9 Å². The Hall–Kier alpha value is -4.20. The molecular formula is C23H21N3O5. The summed E-state index contributed by atoms with van der Waals surface area (Å²) in [6.07, 6.45) is 0. The van der Waals surface area contributed by atoms with Gasteiger partial charge in [-0.05, 0) is 36.2 Å². The fourth-order valence-corrected chi connectivity index (χ4v) is 2.97. The Bertz CT molecular complexity index is 1130. The Kier molecular flexibility index (Phi) is 6.61. The van der Waals surface area contributed by atoms with Gasteiger partial charge in [0, 0.05) is 30.1 Å². The Balaban J connectivity index is 1.90. The second-order valence-electron chi connectivity index (χ2n) is 6.80. The molecule has 0 spiro atoms. The van der Waals surface area contributed by atoms with Crippen LogP contribution in [0.5, 0.6) is 0 Å². The van der Waals surface area contributed by atoms with E-state index in [-0.39, 0.29) is 16.8 Å². The van der Waals surface area contributed by atoms with Gasteiger partial charge in [-0.3, -0.25) is 14.9 Å². The maximum atomic E-state index is 13.0. The predicted molar refractivity (Wildman–Crippen MR) is 117 cm³/mol. The molecule has 3 rings (SSSR count). The third kappa shape index (κ3) is 5.24. The first-order chi connectivity index (χ1) is 14.9. The van der Waals surface area contributed by atoms with E-state index in [0.29, 0.717) is 17.9 Å². The van der Waals surface area contributed by atoms with E-state index in [2.05, 4.69) is 10.6 Å². The van der Waals surface area contributed by atoms with Crippen LogP contribution in [0.25, 0.3) is 0 Å². The number of aryl methyl sites for hydroxylation is 1. The molecule has 0 aliphatic rings. The molecule has 8 heteroatoms. The van der Waals surface area contributed by atoms with E-state index < -0.39 is 16.8 Å². The Labute approximate surface area is 179 Å². The van der Waals surface area contributed by atoms with Crippen LogP contribution < -0.4 is 10.6 Å². The van der Waals surface area contributed by atoms with Gasteiger partial charge in [-0.2, -0.15) is 0 Å². The van der Waals surface area contributed by atoms with Crippen molar-refractivity contribution in [3.63, 3.8) is 0 Å². The van der Waals surface area contributed by atoms with Crippen LogP contribution in [0.1, 0.15) is 31.8 Å². The molecule has 0 unspecified atom stereocenters. The highest BCUT2D eigenvalue weighted by Crippen LogP contribution is 2.25. The number of rotatable bonds is 7. The Morgan fingerprint density at radius 1 is 1.00 bits per heavy atom. The van der Waals surface area contributed by atoms with Crippen LogP contribution in [0.3, 0.4) is 0 Å². The normalized spacial score (nSPS) is 10.3. The number of nitrogens with zero attached hydrogens (tertiary/aromatic N) is 1. The highest BCUT2D eigenvalue weighted by atomic mass is 16.6. The summed E-state index contributed by atoms with van der Waals surface area (Å²) in [5.74, 6) is -1.07. The molecule has 8 nitrogen and oxygen atoms in total. The first kappa shape index (κ1) is 21.5. The van der Waals surface area contributed by atoms with Crippen molar-refractivity contribution in [2.75, 3.05) is 17.7 Å². The first-order valence-corrected chi connectivity index (χ1v) is 9.45. The number of carbonyl (C=O) groups is 2. The smallest absolute Gasteiger partial charge is 0.337 e. The van der Waals surface area contributed by atoms with Crippen molar-refractivity contribution in [1.29, 1.82) is 0 Å². The van der Waals surface area contributed by atoms with Crippen molar-refractivity contribution in [1.82, 2.24) is 0 Å². The number of methoxy groups -OCH3 is 1. The molecule has 3 aromatic rings. The largest absolute Gasteiger partial charge is 0.465 e. The molecule has 0 radical (unpaired) electrons. The summed E-state index contributed by atoms with van der Waals surface area (Å²) in [7, 11) is 1.27. The topological polar surface area (TPSA) is 111 Å². The molecule has 31 heavy (non-hydrogen) atoms. The number of non-ortho nitro benzene ring substituents is 1. The second kappa shape index (κ2) is 9.53. The van der Waals surface area contributed by atoms with Crippen molar-refractivity contribution in [2.24, 2.45) is 0 Å². The van der Waals surface area contributed by atoms with Crippen LogP contribution >= 0.6 is 0 Å². The predicted octanol–water partition coefficient (Wildman–Crippen LogP) is 4.55. The summed E-state index contributed by atoms with van der Waals surface area (Å²) < 4.78 is 4.72.